The molecule has 0 saturated carbocycles. The quantitative estimate of drug-likeness (QED) is 0.521. The zero-order valence-corrected chi connectivity index (χ0v) is 15.6. The van der Waals surface area contributed by atoms with Crippen LogP contribution in [0.2, 0.25) is 0 Å². The highest BCUT2D eigenvalue weighted by molar-refractivity contribution is 7.12. The van der Waals surface area contributed by atoms with E-state index >= 15 is 0 Å². The molecule has 8 nitrogen and oxygen atoms in total. The van der Waals surface area contributed by atoms with Gasteiger partial charge in [0.25, 0.3) is 5.91 Å². The van der Waals surface area contributed by atoms with Gasteiger partial charge in [-0.15, -0.1) is 10.2 Å². The zero-order valence-electron chi connectivity index (χ0n) is 14.8. The molecule has 0 atom stereocenters. The highest BCUT2D eigenvalue weighted by atomic mass is 32.1. The van der Waals surface area contributed by atoms with Crippen LogP contribution in [0.25, 0.3) is 21.5 Å². The first-order chi connectivity index (χ1) is 13.6. The maximum atomic E-state index is 12.5. The minimum atomic E-state index is -0.296. The number of nitrogens with one attached hydrogen (secondary N) is 1. The Balaban J connectivity index is 1.57. The number of Topliss-reactive ketones (excluding diaryl/α,β-unsaturated/α-hetero) is 1. The molecule has 4 aromatic heterocycles. The van der Waals surface area contributed by atoms with E-state index in [2.05, 4.69) is 30.5 Å². The van der Waals surface area contributed by atoms with E-state index in [1.54, 1.807) is 24.0 Å². The van der Waals surface area contributed by atoms with E-state index in [0.29, 0.717) is 11.3 Å². The molecule has 9 heteroatoms. The molecule has 0 unspecified atom stereocenters. The highest BCUT2D eigenvalue weighted by Gasteiger charge is 2.12. The first-order valence-electron chi connectivity index (χ1n) is 8.36. The van der Waals surface area contributed by atoms with E-state index in [4.69, 9.17) is 0 Å². The van der Waals surface area contributed by atoms with E-state index in [1.807, 2.05) is 12.1 Å². The summed E-state index contributed by atoms with van der Waals surface area (Å²) in [7, 11) is 1.53. The Morgan fingerprint density at radius 2 is 1.89 bits per heavy atom. The summed E-state index contributed by atoms with van der Waals surface area (Å²) in [5.74, 6) is -0.420. The van der Waals surface area contributed by atoms with E-state index in [9.17, 15) is 9.59 Å². The van der Waals surface area contributed by atoms with Crippen LogP contribution in [-0.4, -0.2) is 43.9 Å². The average Bonchev–Trinajstić information content (AvgIpc) is 3.27. The Morgan fingerprint density at radius 3 is 2.61 bits per heavy atom. The summed E-state index contributed by atoms with van der Waals surface area (Å²) < 4.78 is 0. The number of rotatable bonds is 5. The van der Waals surface area contributed by atoms with Crippen LogP contribution in [0.1, 0.15) is 26.5 Å². The number of hydrogen-bond donors (Lipinski definition) is 1. The van der Waals surface area contributed by atoms with Crippen molar-refractivity contribution in [2.24, 2.45) is 0 Å². The lowest BCUT2D eigenvalue weighted by Crippen LogP contribution is -2.19. The van der Waals surface area contributed by atoms with Gasteiger partial charge in [-0.05, 0) is 29.7 Å². The number of pyridine rings is 3. The molecule has 0 spiro atoms. The third-order valence-corrected chi connectivity index (χ3v) is 4.84. The number of fused-ring (bicyclic) bond motifs is 1. The van der Waals surface area contributed by atoms with Crippen molar-refractivity contribution in [2.45, 2.75) is 6.42 Å². The molecule has 0 aromatic carbocycles. The summed E-state index contributed by atoms with van der Waals surface area (Å²) in [5, 5.41) is 12.9. The second-order valence-corrected chi connectivity index (χ2v) is 6.78. The van der Waals surface area contributed by atoms with Crippen molar-refractivity contribution in [1.29, 1.82) is 0 Å². The maximum absolute atomic E-state index is 12.5. The Kier molecular flexibility index (Phi) is 4.81. The van der Waals surface area contributed by atoms with Crippen LogP contribution >= 0.6 is 11.3 Å². The van der Waals surface area contributed by atoms with Crippen LogP contribution in [0.4, 0.5) is 0 Å². The molecule has 28 heavy (non-hydrogen) atoms. The summed E-state index contributed by atoms with van der Waals surface area (Å²) >= 11 is 1.41. The molecule has 0 fully saturated rings. The number of carbonyl (C=O) groups excluding carboxylic acids is 2. The van der Waals surface area contributed by atoms with E-state index in [1.165, 1.54) is 30.6 Å². The average molecular weight is 390 g/mol. The smallest absolute Gasteiger partial charge is 0.269 e. The van der Waals surface area contributed by atoms with Gasteiger partial charge in [0.2, 0.25) is 0 Å². The molecule has 138 valence electrons. The topological polar surface area (TPSA) is 111 Å². The van der Waals surface area contributed by atoms with Crippen LogP contribution < -0.4 is 5.32 Å². The number of hydrogen-bond acceptors (Lipinski definition) is 8. The monoisotopic (exact) mass is 390 g/mol. The van der Waals surface area contributed by atoms with Gasteiger partial charge in [-0.3, -0.25) is 24.5 Å². The molecule has 1 amide bonds. The standard InChI is InChI=1S/C19H14N6O2S/c1-20-18(27)15-3-2-11(7-22-15)17(26)6-14-4-12-5-16(19-25-24-10-28-19)23-9-13(12)8-21-14/h2-5,7-10H,6H2,1H3,(H,20,27). The first-order valence-corrected chi connectivity index (χ1v) is 9.24. The van der Waals surface area contributed by atoms with Crippen LogP contribution in [0.3, 0.4) is 0 Å². The molecular formula is C19H14N6O2S. The Morgan fingerprint density at radius 1 is 1.04 bits per heavy atom. The third kappa shape index (κ3) is 3.60. The predicted octanol–water partition coefficient (Wildman–Crippen LogP) is 2.33. The molecule has 0 bridgehead atoms. The van der Waals surface area contributed by atoms with Crippen LogP contribution in [0.15, 0.2) is 48.4 Å². The Hall–Kier alpha value is -3.59. The zero-order chi connectivity index (χ0) is 19.5. The number of amides is 1. The van der Waals surface area contributed by atoms with Crippen molar-refractivity contribution in [1.82, 2.24) is 30.5 Å². The molecular weight excluding hydrogens is 376 g/mol. The Bertz CT molecular complexity index is 1160. The number of aromatic nitrogens is 5. The fourth-order valence-corrected chi connectivity index (χ4v) is 3.19. The van der Waals surface area contributed by atoms with Gasteiger partial charge in [0.1, 0.15) is 16.9 Å². The van der Waals surface area contributed by atoms with Crippen LogP contribution in [0.5, 0.6) is 0 Å². The molecule has 4 heterocycles. The summed E-state index contributed by atoms with van der Waals surface area (Å²) in [6.07, 6.45) is 4.96. The Labute approximate surface area is 163 Å². The van der Waals surface area contributed by atoms with Crippen molar-refractivity contribution in [3.8, 4) is 10.7 Å². The fourth-order valence-electron chi connectivity index (χ4n) is 2.67. The van der Waals surface area contributed by atoms with Gasteiger partial charge in [0.05, 0.1) is 6.42 Å². The molecule has 0 aliphatic heterocycles. The van der Waals surface area contributed by atoms with E-state index in [-0.39, 0.29) is 23.8 Å². The number of carbonyl (C=O) groups is 2. The fraction of sp³-hybridized carbons (Fsp3) is 0.105. The van der Waals surface area contributed by atoms with Crippen LogP contribution in [0, 0.1) is 0 Å². The molecule has 0 saturated heterocycles. The number of nitrogens with zero attached hydrogens (tertiary/aromatic N) is 5. The van der Waals surface area contributed by atoms with Crippen molar-refractivity contribution >= 4 is 33.8 Å². The normalized spacial score (nSPS) is 10.8. The SMILES string of the molecule is CNC(=O)c1ccc(C(=O)Cc2cc3cc(-c4nncs4)ncc3cn2)cn1. The molecule has 4 rings (SSSR count). The molecule has 4 aromatic rings. The molecule has 0 radical (unpaired) electrons. The lowest BCUT2D eigenvalue weighted by molar-refractivity contribution is 0.0953. The summed E-state index contributed by atoms with van der Waals surface area (Å²) in [5.41, 5.74) is 3.72. The molecule has 0 aliphatic carbocycles. The van der Waals surface area contributed by atoms with Gasteiger partial charge in [-0.1, -0.05) is 11.3 Å². The molecule has 1 N–H and O–H groups in total. The van der Waals surface area contributed by atoms with E-state index < -0.39 is 0 Å². The van der Waals surface area contributed by atoms with E-state index in [0.717, 1.165) is 21.5 Å². The summed E-state index contributed by atoms with van der Waals surface area (Å²) in [4.78, 5) is 36.8. The van der Waals surface area contributed by atoms with Gasteiger partial charge >= 0.3 is 0 Å². The van der Waals surface area contributed by atoms with Crippen molar-refractivity contribution in [2.75, 3.05) is 7.05 Å². The number of ketones is 1. The van der Waals surface area contributed by atoms with Gasteiger partial charge in [-0.25, -0.2) is 0 Å². The minimum absolute atomic E-state index is 0.124. The summed E-state index contributed by atoms with van der Waals surface area (Å²) in [6.45, 7) is 0. The van der Waals surface area contributed by atoms with Gasteiger partial charge in [-0.2, -0.15) is 0 Å². The van der Waals surface area contributed by atoms with Gasteiger partial charge < -0.3 is 5.32 Å². The molecule has 0 aliphatic rings. The minimum Gasteiger partial charge on any atom is -0.354 e. The van der Waals surface area contributed by atoms with Gasteiger partial charge in [0.15, 0.2) is 10.8 Å². The largest absolute Gasteiger partial charge is 0.354 e. The van der Waals surface area contributed by atoms with Crippen LogP contribution in [-0.2, 0) is 6.42 Å². The lowest BCUT2D eigenvalue weighted by atomic mass is 10.1. The van der Waals surface area contributed by atoms with Crippen molar-refractivity contribution in [3.63, 3.8) is 0 Å². The highest BCUT2D eigenvalue weighted by Crippen LogP contribution is 2.23. The summed E-state index contributed by atoms with van der Waals surface area (Å²) in [6, 6.07) is 6.90. The lowest BCUT2D eigenvalue weighted by Gasteiger charge is -2.05. The predicted molar refractivity (Wildman–Crippen MR) is 104 cm³/mol. The van der Waals surface area contributed by atoms with Crippen molar-refractivity contribution in [3.05, 3.63) is 65.3 Å². The second-order valence-electron chi connectivity index (χ2n) is 5.95. The second kappa shape index (κ2) is 7.57. The van der Waals surface area contributed by atoms with Gasteiger partial charge in [0, 0.05) is 42.3 Å². The first kappa shape index (κ1) is 17.8. The maximum Gasteiger partial charge on any atom is 0.269 e. The third-order valence-electron chi connectivity index (χ3n) is 4.13. The van der Waals surface area contributed by atoms with Crippen molar-refractivity contribution < 1.29 is 9.59 Å².